The first-order valence-corrected chi connectivity index (χ1v) is 6.13. The Morgan fingerprint density at radius 3 is 2.26 bits per heavy atom. The number of ether oxygens (including phenoxy) is 2. The minimum absolute atomic E-state index is 0.170. The summed E-state index contributed by atoms with van der Waals surface area (Å²) in [6.45, 7) is 7.87. The van der Waals surface area contributed by atoms with Crippen molar-refractivity contribution in [2.45, 2.75) is 20.3 Å². The monoisotopic (exact) mass is 262 g/mol. The average molecular weight is 262 g/mol. The number of hydrogen-bond donors (Lipinski definition) is 0. The second-order valence-electron chi connectivity index (χ2n) is 4.25. The van der Waals surface area contributed by atoms with Crippen LogP contribution in [-0.4, -0.2) is 25.2 Å². The minimum Gasteiger partial charge on any atom is -0.462 e. The lowest BCUT2D eigenvalue weighted by atomic mass is 10.1. The van der Waals surface area contributed by atoms with Crippen molar-refractivity contribution in [1.29, 1.82) is 0 Å². The van der Waals surface area contributed by atoms with Crippen LogP contribution in [0.3, 0.4) is 0 Å². The van der Waals surface area contributed by atoms with Crippen LogP contribution in [-0.2, 0) is 9.47 Å². The molecule has 0 radical (unpaired) electrons. The molecular formula is C15H18O4. The van der Waals surface area contributed by atoms with Gasteiger partial charge in [0, 0.05) is 0 Å². The van der Waals surface area contributed by atoms with Gasteiger partial charge in [-0.15, -0.1) is 0 Å². The second kappa shape index (κ2) is 7.36. The van der Waals surface area contributed by atoms with Crippen molar-refractivity contribution >= 4 is 11.9 Å². The molecule has 0 saturated carbocycles. The summed E-state index contributed by atoms with van der Waals surface area (Å²) >= 11 is 0. The van der Waals surface area contributed by atoms with Crippen molar-refractivity contribution in [2.75, 3.05) is 13.2 Å². The molecule has 0 amide bonds. The number of rotatable bonds is 6. The molecule has 4 heteroatoms. The molecule has 0 aliphatic rings. The van der Waals surface area contributed by atoms with Gasteiger partial charge in [-0.2, -0.15) is 0 Å². The first kappa shape index (κ1) is 15.0. The summed E-state index contributed by atoms with van der Waals surface area (Å²) in [5.74, 6) is -0.912. The molecular weight excluding hydrogens is 244 g/mol. The molecule has 0 atom stereocenters. The number of carbonyl (C=O) groups is 2. The van der Waals surface area contributed by atoms with E-state index in [1.165, 1.54) is 6.07 Å². The maximum absolute atomic E-state index is 11.7. The number of carbonyl (C=O) groups excluding carboxylic acids is 2. The molecule has 0 aliphatic carbocycles. The van der Waals surface area contributed by atoms with Gasteiger partial charge in [0.15, 0.2) is 0 Å². The van der Waals surface area contributed by atoms with Gasteiger partial charge in [0.25, 0.3) is 0 Å². The van der Waals surface area contributed by atoms with Gasteiger partial charge in [-0.25, -0.2) is 9.59 Å². The zero-order chi connectivity index (χ0) is 14.3. The molecule has 0 aromatic heterocycles. The van der Waals surface area contributed by atoms with Crippen molar-refractivity contribution in [3.05, 3.63) is 47.5 Å². The number of hydrogen-bond acceptors (Lipinski definition) is 4. The molecule has 1 aromatic carbocycles. The minimum atomic E-state index is -0.479. The van der Waals surface area contributed by atoms with Crippen molar-refractivity contribution in [3.8, 4) is 0 Å². The summed E-state index contributed by atoms with van der Waals surface area (Å²) in [5.41, 5.74) is 1.43. The third-order valence-electron chi connectivity index (χ3n) is 2.22. The second-order valence-corrected chi connectivity index (χ2v) is 4.25. The average Bonchev–Trinajstić information content (AvgIpc) is 2.42. The summed E-state index contributed by atoms with van der Waals surface area (Å²) in [6.07, 6.45) is 0.756. The highest BCUT2D eigenvalue weighted by atomic mass is 16.5. The van der Waals surface area contributed by atoms with E-state index in [9.17, 15) is 9.59 Å². The van der Waals surface area contributed by atoms with Crippen LogP contribution in [0, 0.1) is 0 Å². The first-order chi connectivity index (χ1) is 9.04. The van der Waals surface area contributed by atoms with Gasteiger partial charge in [0.2, 0.25) is 0 Å². The zero-order valence-corrected chi connectivity index (χ0v) is 11.3. The molecule has 0 fully saturated rings. The van der Waals surface area contributed by atoms with Gasteiger partial charge < -0.3 is 9.47 Å². The number of esters is 2. The first-order valence-electron chi connectivity index (χ1n) is 6.13. The Labute approximate surface area is 113 Å². The van der Waals surface area contributed by atoms with E-state index >= 15 is 0 Å². The summed E-state index contributed by atoms with van der Waals surface area (Å²) in [6, 6.07) is 6.30. The van der Waals surface area contributed by atoms with Gasteiger partial charge in [-0.3, -0.25) is 0 Å². The molecule has 19 heavy (non-hydrogen) atoms. The number of benzene rings is 1. The fourth-order valence-electron chi connectivity index (χ4n) is 1.32. The lowest BCUT2D eigenvalue weighted by molar-refractivity contribution is 0.0505. The van der Waals surface area contributed by atoms with Gasteiger partial charge in [0.1, 0.15) is 6.61 Å². The van der Waals surface area contributed by atoms with Crippen LogP contribution in [0.2, 0.25) is 0 Å². The predicted molar refractivity (Wildman–Crippen MR) is 72.1 cm³/mol. The molecule has 4 nitrogen and oxygen atoms in total. The third kappa shape index (κ3) is 4.95. The van der Waals surface area contributed by atoms with E-state index in [1.54, 1.807) is 25.1 Å². The Morgan fingerprint density at radius 1 is 1.16 bits per heavy atom. The van der Waals surface area contributed by atoms with Crippen LogP contribution >= 0.6 is 0 Å². The van der Waals surface area contributed by atoms with Crippen LogP contribution in [0.25, 0.3) is 0 Å². The van der Waals surface area contributed by atoms with E-state index < -0.39 is 11.9 Å². The molecule has 1 aromatic rings. The zero-order valence-electron chi connectivity index (χ0n) is 11.3. The van der Waals surface area contributed by atoms with Crippen LogP contribution in [0.1, 0.15) is 41.0 Å². The normalized spacial score (nSPS) is 9.79. The molecule has 0 bridgehead atoms. The smallest absolute Gasteiger partial charge is 0.338 e. The third-order valence-corrected chi connectivity index (χ3v) is 2.22. The summed E-state index contributed by atoms with van der Waals surface area (Å²) < 4.78 is 10.0. The quantitative estimate of drug-likeness (QED) is 0.584. The Kier molecular flexibility index (Phi) is 5.79. The standard InChI is InChI=1S/C15H18O4/c1-4-8-18-14(16)12-6-5-7-13(9-12)15(17)19-10-11(2)3/h5-7,9H,2,4,8,10H2,1,3H3. The van der Waals surface area contributed by atoms with E-state index in [-0.39, 0.29) is 6.61 Å². The van der Waals surface area contributed by atoms with Crippen LogP contribution in [0.15, 0.2) is 36.4 Å². The van der Waals surface area contributed by atoms with Gasteiger partial charge in [-0.05, 0) is 37.1 Å². The van der Waals surface area contributed by atoms with Crippen LogP contribution < -0.4 is 0 Å². The molecule has 102 valence electrons. The highest BCUT2D eigenvalue weighted by Crippen LogP contribution is 2.09. The fourth-order valence-corrected chi connectivity index (χ4v) is 1.32. The highest BCUT2D eigenvalue weighted by Gasteiger charge is 2.12. The Bertz CT molecular complexity index is 477. The molecule has 1 rings (SSSR count). The van der Waals surface area contributed by atoms with Crippen molar-refractivity contribution in [2.24, 2.45) is 0 Å². The lowest BCUT2D eigenvalue weighted by Crippen LogP contribution is -2.10. The van der Waals surface area contributed by atoms with Gasteiger partial charge >= 0.3 is 11.9 Å². The largest absolute Gasteiger partial charge is 0.462 e. The maximum atomic E-state index is 11.7. The van der Waals surface area contributed by atoms with Crippen molar-refractivity contribution < 1.29 is 19.1 Å². The molecule has 0 heterocycles. The molecule has 0 spiro atoms. The predicted octanol–water partition coefficient (Wildman–Crippen LogP) is 2.99. The van der Waals surface area contributed by atoms with E-state index in [0.717, 1.165) is 12.0 Å². The molecule has 0 aliphatic heterocycles. The topological polar surface area (TPSA) is 52.6 Å². The van der Waals surface area contributed by atoms with E-state index in [2.05, 4.69) is 6.58 Å². The Hall–Kier alpha value is -2.10. The molecule has 0 saturated heterocycles. The van der Waals surface area contributed by atoms with Crippen LogP contribution in [0.5, 0.6) is 0 Å². The van der Waals surface area contributed by atoms with Crippen molar-refractivity contribution in [1.82, 2.24) is 0 Å². The van der Waals surface area contributed by atoms with E-state index in [1.807, 2.05) is 6.92 Å². The Balaban J connectivity index is 2.73. The fraction of sp³-hybridized carbons (Fsp3) is 0.333. The Morgan fingerprint density at radius 2 is 1.74 bits per heavy atom. The van der Waals surface area contributed by atoms with Gasteiger partial charge in [-0.1, -0.05) is 19.6 Å². The molecule has 0 unspecified atom stereocenters. The summed E-state index contributed by atoms with van der Waals surface area (Å²) in [4.78, 5) is 23.4. The highest BCUT2D eigenvalue weighted by molar-refractivity contribution is 5.95. The summed E-state index contributed by atoms with van der Waals surface area (Å²) in [7, 11) is 0. The van der Waals surface area contributed by atoms with Crippen LogP contribution in [0.4, 0.5) is 0 Å². The van der Waals surface area contributed by atoms with E-state index in [0.29, 0.717) is 17.7 Å². The summed E-state index contributed by atoms with van der Waals surface area (Å²) in [5, 5.41) is 0. The van der Waals surface area contributed by atoms with E-state index in [4.69, 9.17) is 9.47 Å². The maximum Gasteiger partial charge on any atom is 0.338 e. The SMILES string of the molecule is C=C(C)COC(=O)c1cccc(C(=O)OCCC)c1. The molecule has 0 N–H and O–H groups in total. The van der Waals surface area contributed by atoms with Gasteiger partial charge in [0.05, 0.1) is 17.7 Å². The lowest BCUT2D eigenvalue weighted by Gasteiger charge is -2.06. The van der Waals surface area contributed by atoms with Crippen molar-refractivity contribution in [3.63, 3.8) is 0 Å².